The van der Waals surface area contributed by atoms with Crippen molar-refractivity contribution in [2.45, 2.75) is 136 Å². The van der Waals surface area contributed by atoms with E-state index in [4.69, 9.17) is 57.4 Å². The number of rotatable bonds is 29. The second-order valence-electron chi connectivity index (χ2n) is 25.7. The fourth-order valence-electron chi connectivity index (χ4n) is 12.3. The van der Waals surface area contributed by atoms with E-state index in [0.29, 0.717) is 73.2 Å². The van der Waals surface area contributed by atoms with Crippen LogP contribution in [0, 0.1) is 11.8 Å². The zero-order chi connectivity index (χ0) is 67.2. The molecule has 4 heterocycles. The van der Waals surface area contributed by atoms with E-state index in [2.05, 4.69) is 114 Å². The summed E-state index contributed by atoms with van der Waals surface area (Å²) in [4.78, 5) is 86.7. The molecule has 2 unspecified atom stereocenters. The van der Waals surface area contributed by atoms with Crippen molar-refractivity contribution in [3.05, 3.63) is 120 Å². The Hall–Kier alpha value is -8.72. The minimum absolute atomic E-state index is 0.0185. The molecule has 20 heteroatoms. The van der Waals surface area contributed by atoms with Crippen LogP contribution < -0.4 is 28.7 Å². The maximum Gasteiger partial charge on any atom is 0.311 e. The first-order valence-corrected chi connectivity index (χ1v) is 32.5. The number of carbonyl (C=O) groups is 6. The molecule has 0 fully saturated rings. The summed E-state index contributed by atoms with van der Waals surface area (Å²) in [6.45, 7) is 22.3. The van der Waals surface area contributed by atoms with Crippen LogP contribution in [0.2, 0.25) is 0 Å². The number of para-hydroxylation sites is 2. The third-order valence-corrected chi connectivity index (χ3v) is 17.1. The van der Waals surface area contributed by atoms with E-state index in [1.54, 1.807) is 25.3 Å². The van der Waals surface area contributed by atoms with Gasteiger partial charge in [0.05, 0.1) is 75.6 Å². The number of esters is 5. The summed E-state index contributed by atoms with van der Waals surface area (Å²) in [5, 5.41) is 3.51. The zero-order valence-corrected chi connectivity index (χ0v) is 55.8. The molecular weight excluding hydrogens is 1200 g/mol. The van der Waals surface area contributed by atoms with Crippen molar-refractivity contribution >= 4 is 92.4 Å². The molecule has 2 spiro atoms. The predicted octanol–water partition coefficient (Wildman–Crippen LogP) is 13.0. The number of anilines is 2. The summed E-state index contributed by atoms with van der Waals surface area (Å²) in [5.41, 5.74) is 3.78. The van der Waals surface area contributed by atoms with Gasteiger partial charge < -0.3 is 62.0 Å². The Morgan fingerprint density at radius 1 is 0.468 bits per heavy atom. The highest BCUT2D eigenvalue weighted by Gasteiger charge is 2.61. The maximum atomic E-state index is 12.7. The molecule has 0 aliphatic carbocycles. The molecule has 6 aromatic carbocycles. The molecular formula is C74H88N4O16. The van der Waals surface area contributed by atoms with Gasteiger partial charge in [-0.3, -0.25) is 34.0 Å². The number of ether oxygens (including phenoxy) is 10. The Bertz CT molecular complexity index is 3780. The number of hydrogen-bond donors (Lipinski definition) is 0. The molecule has 0 bridgehead atoms. The van der Waals surface area contributed by atoms with E-state index in [1.165, 1.54) is 23.7 Å². The number of hydrogen-bond acceptors (Lipinski definition) is 20. The number of unbranched alkanes of at least 4 members (excludes halogenated alkanes) is 1. The summed E-state index contributed by atoms with van der Waals surface area (Å²) >= 11 is 0. The van der Waals surface area contributed by atoms with Gasteiger partial charge in [0.25, 0.3) is 0 Å². The highest BCUT2D eigenvalue weighted by molar-refractivity contribution is 6.02. The molecule has 20 nitrogen and oxygen atoms in total. The molecule has 6 aromatic rings. The normalized spacial score (nSPS) is 17.4. The van der Waals surface area contributed by atoms with E-state index in [0.717, 1.165) is 46.0 Å². The average Bonchev–Trinajstić information content (AvgIpc) is 1.53. The largest absolute Gasteiger partial charge is 0.463 e. The van der Waals surface area contributed by atoms with E-state index in [1.807, 2.05) is 54.9 Å². The van der Waals surface area contributed by atoms with Crippen molar-refractivity contribution in [2.75, 3.05) is 82.9 Å². The Kier molecular flexibility index (Phi) is 23.0. The number of benzene rings is 6. The van der Waals surface area contributed by atoms with Crippen LogP contribution in [0.3, 0.4) is 0 Å². The minimum atomic E-state index is -0.829. The number of aliphatic imine (C=N–C) groups is 2. The fourth-order valence-corrected chi connectivity index (χ4v) is 12.3. The lowest BCUT2D eigenvalue weighted by atomic mass is 9.77. The Morgan fingerprint density at radius 3 is 1.27 bits per heavy atom. The van der Waals surface area contributed by atoms with E-state index in [-0.39, 0.29) is 88.7 Å². The lowest BCUT2D eigenvalue weighted by molar-refractivity contribution is -0.149. The van der Waals surface area contributed by atoms with Gasteiger partial charge >= 0.3 is 29.8 Å². The molecule has 0 N–H and O–H groups in total. The van der Waals surface area contributed by atoms with Crippen LogP contribution in [-0.2, 0) is 68.0 Å². The topological polar surface area (TPSA) is 226 Å². The van der Waals surface area contributed by atoms with Crippen LogP contribution in [0.1, 0.15) is 125 Å². The summed E-state index contributed by atoms with van der Waals surface area (Å²) in [6, 6.07) is 35.6. The van der Waals surface area contributed by atoms with Crippen LogP contribution in [0.15, 0.2) is 119 Å². The van der Waals surface area contributed by atoms with Gasteiger partial charge in [-0.2, -0.15) is 0 Å². The molecule has 94 heavy (non-hydrogen) atoms. The van der Waals surface area contributed by atoms with Crippen LogP contribution >= 0.6 is 0 Å². The average molecular weight is 1290 g/mol. The van der Waals surface area contributed by atoms with Gasteiger partial charge in [-0.25, -0.2) is 0 Å². The molecule has 0 amide bonds. The van der Waals surface area contributed by atoms with Crippen molar-refractivity contribution in [2.24, 2.45) is 21.8 Å². The SMILES string of the molecule is CC(=O)CCC(=O)Oc1ccc2ccc3c(c2c1)N=CC1(O3)N(CC(C)C)c2ccccc2C1(C)C.COCCOCCOC(=O)CCCCC(=O)OCCOCCOC(=O)CCC(=O)Oc1ccc2ccc3c(c2c1)N=CC1(O3)N(CC(C)C)c2ccccc2C1(C)C. The summed E-state index contributed by atoms with van der Waals surface area (Å²) < 4.78 is 55.8. The number of Topliss-reactive ketones (excluding diaryl/α,β-unsaturated/α-hetero) is 1. The van der Waals surface area contributed by atoms with E-state index in [9.17, 15) is 28.8 Å². The first-order chi connectivity index (χ1) is 45.1. The van der Waals surface area contributed by atoms with E-state index < -0.39 is 40.7 Å². The Morgan fingerprint density at radius 2 is 0.851 bits per heavy atom. The van der Waals surface area contributed by atoms with Gasteiger partial charge in [0.15, 0.2) is 0 Å². The van der Waals surface area contributed by atoms with Crippen molar-refractivity contribution in [1.29, 1.82) is 0 Å². The number of ketones is 1. The summed E-state index contributed by atoms with van der Waals surface area (Å²) in [7, 11) is 1.58. The Balaban J connectivity index is 0.000000246. The third-order valence-electron chi connectivity index (χ3n) is 17.1. The fraction of sp³-hybridized carbons (Fsp3) is 0.459. The number of carbonyl (C=O) groups excluding carboxylic acids is 6. The molecule has 0 radical (unpaired) electrons. The smallest absolute Gasteiger partial charge is 0.311 e. The lowest BCUT2D eigenvalue weighted by Gasteiger charge is -2.46. The van der Waals surface area contributed by atoms with Crippen molar-refractivity contribution in [3.8, 4) is 23.0 Å². The lowest BCUT2D eigenvalue weighted by Crippen LogP contribution is -2.62. The Labute approximate surface area is 550 Å². The first kappa shape index (κ1) is 69.6. The highest BCUT2D eigenvalue weighted by atomic mass is 16.6. The summed E-state index contributed by atoms with van der Waals surface area (Å²) in [6.07, 6.45) is 5.14. The second-order valence-corrected chi connectivity index (χ2v) is 25.7. The van der Waals surface area contributed by atoms with Crippen LogP contribution in [0.25, 0.3) is 21.5 Å². The van der Waals surface area contributed by atoms with Crippen LogP contribution in [0.4, 0.5) is 22.7 Å². The molecule has 4 aliphatic rings. The van der Waals surface area contributed by atoms with Crippen LogP contribution in [-0.4, -0.2) is 133 Å². The first-order valence-electron chi connectivity index (χ1n) is 32.5. The van der Waals surface area contributed by atoms with Gasteiger partial charge in [-0.05, 0) is 130 Å². The third kappa shape index (κ3) is 15.9. The standard InChI is InChI=1S/C44H56N2O12.C30H32N2O4/c1-31(2)29-46-36-11-7-6-10-35(36)43(3,4)44(46)30-45-42-34-28-33(16-14-32(34)15-17-37(42)58-44)57-41(50)19-18-40(49)56-27-24-53-23-26-55-39(48)13-9-8-12-38(47)54-25-22-52-21-20-51-5;1-19(2)17-32-25-9-7-6-8-24(25)29(4,5)30(32)18-31-28-23-16-22(35-27(34)15-10-20(3)33)13-11-21(23)12-14-26(28)36-30/h6-7,10-11,14-17,28,30-31H,8-9,12-13,18-27,29H2,1-5H3;6-9,11-14,16,18-19H,10,15,17H2,1-5H3. The number of nitrogens with zero attached hydrogens (tertiary/aromatic N) is 4. The van der Waals surface area contributed by atoms with Gasteiger partial charge in [0.1, 0.15) is 60.0 Å². The second kappa shape index (κ2) is 31.0. The number of methoxy groups -OCH3 is 1. The minimum Gasteiger partial charge on any atom is -0.463 e. The molecule has 0 saturated carbocycles. The highest BCUT2D eigenvalue weighted by Crippen LogP contribution is 2.57. The predicted molar refractivity (Wildman–Crippen MR) is 360 cm³/mol. The zero-order valence-electron chi connectivity index (χ0n) is 55.8. The van der Waals surface area contributed by atoms with Gasteiger partial charge in [0.2, 0.25) is 11.4 Å². The van der Waals surface area contributed by atoms with Gasteiger partial charge in [0, 0.05) is 61.6 Å². The van der Waals surface area contributed by atoms with Crippen LogP contribution in [0.5, 0.6) is 23.0 Å². The maximum absolute atomic E-state index is 12.7. The molecule has 0 aromatic heterocycles. The van der Waals surface area contributed by atoms with Gasteiger partial charge in [-0.1, -0.05) is 88.4 Å². The van der Waals surface area contributed by atoms with Gasteiger partial charge in [-0.15, -0.1) is 0 Å². The molecule has 4 aliphatic heterocycles. The molecule has 10 rings (SSSR count). The molecule has 500 valence electrons. The molecule has 0 saturated heterocycles. The monoisotopic (exact) mass is 1290 g/mol. The molecule has 2 atom stereocenters. The van der Waals surface area contributed by atoms with Crippen molar-refractivity contribution < 1.29 is 76.1 Å². The quantitative estimate of drug-likeness (QED) is 0.0184. The number of fused-ring (bicyclic) bond motifs is 8. The van der Waals surface area contributed by atoms with Crippen molar-refractivity contribution in [3.63, 3.8) is 0 Å². The summed E-state index contributed by atoms with van der Waals surface area (Å²) in [5.74, 6) is 0.558. The van der Waals surface area contributed by atoms with E-state index >= 15 is 0 Å². The van der Waals surface area contributed by atoms with Crippen molar-refractivity contribution in [1.82, 2.24) is 0 Å².